The van der Waals surface area contributed by atoms with Gasteiger partial charge in [0.2, 0.25) is 0 Å². The minimum Gasteiger partial charge on any atom is -0.353 e. The van der Waals surface area contributed by atoms with Crippen molar-refractivity contribution in [3.63, 3.8) is 0 Å². The molecule has 9 heteroatoms. The summed E-state index contributed by atoms with van der Waals surface area (Å²) >= 11 is 3.55. The maximum atomic E-state index is 4.85. The van der Waals surface area contributed by atoms with Crippen molar-refractivity contribution in [1.82, 2.24) is 29.5 Å². The number of hydrogen-bond acceptors (Lipinski definition) is 3. The Morgan fingerprint density at radius 2 is 2.04 bits per heavy atom. The van der Waals surface area contributed by atoms with Crippen LogP contribution in [0.15, 0.2) is 21.7 Å². The third-order valence-corrected chi connectivity index (χ3v) is 5.51. The molecule has 1 aliphatic carbocycles. The monoisotopic (exact) mass is 549 g/mol. The molecule has 2 heterocycles. The van der Waals surface area contributed by atoms with Gasteiger partial charge >= 0.3 is 0 Å². The zero-order valence-corrected chi connectivity index (χ0v) is 20.4. The zero-order chi connectivity index (χ0) is 18.7. The van der Waals surface area contributed by atoms with Crippen molar-refractivity contribution >= 4 is 45.9 Å². The smallest absolute Gasteiger partial charge is 0.194 e. The molecule has 0 spiro atoms. The third kappa shape index (κ3) is 5.69. The van der Waals surface area contributed by atoms with Gasteiger partial charge in [-0.15, -0.1) is 34.2 Å². The molecule has 0 unspecified atom stereocenters. The molecule has 0 bridgehead atoms. The van der Waals surface area contributed by atoms with E-state index in [9.17, 15) is 0 Å². The highest BCUT2D eigenvalue weighted by molar-refractivity contribution is 14.0. The predicted molar refractivity (Wildman–Crippen MR) is 122 cm³/mol. The number of rotatable bonds is 5. The SMILES string of the molecule is Cc1nnc(CN=C(NC2CCCC2)N(C)Cc2cc(Br)cn2C)n1C.I. The molecule has 7 nitrogen and oxygen atoms in total. The van der Waals surface area contributed by atoms with Gasteiger partial charge in [0, 0.05) is 43.5 Å². The highest BCUT2D eigenvalue weighted by Crippen LogP contribution is 2.19. The average Bonchev–Trinajstić information content (AvgIpc) is 3.29. The maximum Gasteiger partial charge on any atom is 0.194 e. The van der Waals surface area contributed by atoms with Crippen molar-refractivity contribution in [3.05, 3.63) is 34.1 Å². The van der Waals surface area contributed by atoms with Gasteiger partial charge in [0.15, 0.2) is 11.8 Å². The number of nitrogens with zero attached hydrogens (tertiary/aromatic N) is 6. The fraction of sp³-hybridized carbons (Fsp3) is 0.611. The van der Waals surface area contributed by atoms with Crippen LogP contribution in [0.1, 0.15) is 43.0 Å². The number of aromatic nitrogens is 4. The van der Waals surface area contributed by atoms with Crippen LogP contribution in [0.2, 0.25) is 0 Å². The van der Waals surface area contributed by atoms with E-state index in [4.69, 9.17) is 4.99 Å². The highest BCUT2D eigenvalue weighted by atomic mass is 127. The first-order chi connectivity index (χ1) is 12.4. The van der Waals surface area contributed by atoms with Crippen LogP contribution >= 0.6 is 39.9 Å². The molecule has 0 aromatic carbocycles. The largest absolute Gasteiger partial charge is 0.353 e. The van der Waals surface area contributed by atoms with Crippen LogP contribution in [0.25, 0.3) is 0 Å². The lowest BCUT2D eigenvalue weighted by molar-refractivity contribution is 0.444. The van der Waals surface area contributed by atoms with E-state index in [0.29, 0.717) is 12.6 Å². The van der Waals surface area contributed by atoms with Gasteiger partial charge in [0.05, 0.1) is 6.54 Å². The molecule has 150 valence electrons. The molecule has 2 aromatic heterocycles. The van der Waals surface area contributed by atoms with E-state index in [1.807, 2.05) is 18.5 Å². The topological polar surface area (TPSA) is 63.3 Å². The third-order valence-electron chi connectivity index (χ3n) is 5.08. The van der Waals surface area contributed by atoms with E-state index in [2.05, 4.69) is 67.3 Å². The Bertz CT molecular complexity index is 777. The number of nitrogens with one attached hydrogen (secondary N) is 1. The molecule has 27 heavy (non-hydrogen) atoms. The predicted octanol–water partition coefficient (Wildman–Crippen LogP) is 3.36. The molecule has 0 saturated heterocycles. The summed E-state index contributed by atoms with van der Waals surface area (Å²) in [5.41, 5.74) is 1.23. The quantitative estimate of drug-likeness (QED) is 0.353. The van der Waals surface area contributed by atoms with Crippen molar-refractivity contribution in [2.75, 3.05) is 7.05 Å². The van der Waals surface area contributed by atoms with Gasteiger partial charge in [0.1, 0.15) is 12.4 Å². The van der Waals surface area contributed by atoms with Gasteiger partial charge in [-0.2, -0.15) is 0 Å². The first-order valence-electron chi connectivity index (χ1n) is 9.11. The number of aliphatic imine (C=N–C) groups is 1. The van der Waals surface area contributed by atoms with E-state index in [1.54, 1.807) is 0 Å². The highest BCUT2D eigenvalue weighted by Gasteiger charge is 2.19. The van der Waals surface area contributed by atoms with Crippen LogP contribution in [0.4, 0.5) is 0 Å². The second-order valence-corrected chi connectivity index (χ2v) is 8.02. The molecule has 1 aliphatic rings. The van der Waals surface area contributed by atoms with Gasteiger partial charge in [-0.3, -0.25) is 0 Å². The van der Waals surface area contributed by atoms with Crippen molar-refractivity contribution in [3.8, 4) is 0 Å². The number of aryl methyl sites for hydroxylation is 2. The number of halogens is 2. The number of hydrogen-bond donors (Lipinski definition) is 1. The van der Waals surface area contributed by atoms with Gasteiger partial charge in [-0.1, -0.05) is 12.8 Å². The van der Waals surface area contributed by atoms with Gasteiger partial charge in [0.25, 0.3) is 0 Å². The molecule has 0 atom stereocenters. The van der Waals surface area contributed by atoms with E-state index >= 15 is 0 Å². The van der Waals surface area contributed by atoms with E-state index in [-0.39, 0.29) is 24.0 Å². The lowest BCUT2D eigenvalue weighted by atomic mass is 10.2. The van der Waals surface area contributed by atoms with Gasteiger partial charge in [-0.25, -0.2) is 4.99 Å². The Kier molecular flexibility index (Phi) is 8.14. The Hall–Kier alpha value is -1.10. The van der Waals surface area contributed by atoms with E-state index in [0.717, 1.165) is 28.6 Å². The first kappa shape index (κ1) is 22.2. The molecular formula is C18H29BrIN7. The molecule has 0 aliphatic heterocycles. The fourth-order valence-electron chi connectivity index (χ4n) is 3.30. The summed E-state index contributed by atoms with van der Waals surface area (Å²) in [5, 5.41) is 12.0. The van der Waals surface area contributed by atoms with Crippen molar-refractivity contribution in [2.24, 2.45) is 19.1 Å². The van der Waals surface area contributed by atoms with Crippen molar-refractivity contribution < 1.29 is 0 Å². The summed E-state index contributed by atoms with van der Waals surface area (Å²) in [6.07, 6.45) is 7.09. The Labute approximate surface area is 186 Å². The molecule has 0 amide bonds. The Morgan fingerprint density at radius 1 is 1.33 bits per heavy atom. The second-order valence-electron chi connectivity index (χ2n) is 7.10. The van der Waals surface area contributed by atoms with Gasteiger partial charge < -0.3 is 19.4 Å². The molecule has 3 rings (SSSR count). The van der Waals surface area contributed by atoms with Crippen LogP contribution in [0.5, 0.6) is 0 Å². The molecule has 1 saturated carbocycles. The normalized spacial score (nSPS) is 15.1. The van der Waals surface area contributed by atoms with E-state index < -0.39 is 0 Å². The maximum absolute atomic E-state index is 4.85. The summed E-state index contributed by atoms with van der Waals surface area (Å²) in [6, 6.07) is 2.66. The zero-order valence-electron chi connectivity index (χ0n) is 16.4. The molecule has 1 fully saturated rings. The molecule has 0 radical (unpaired) electrons. The van der Waals surface area contributed by atoms with Crippen LogP contribution in [-0.2, 0) is 27.2 Å². The summed E-state index contributed by atoms with van der Waals surface area (Å²) in [4.78, 5) is 7.04. The summed E-state index contributed by atoms with van der Waals surface area (Å²) < 4.78 is 5.23. The average molecular weight is 550 g/mol. The second kappa shape index (κ2) is 9.90. The van der Waals surface area contributed by atoms with Crippen LogP contribution in [-0.4, -0.2) is 43.3 Å². The Balaban J connectivity index is 0.00000261. The standard InChI is InChI=1S/C18H28BrN7.HI/c1-13-22-23-17(26(13)4)10-20-18(21-15-7-5-6-8-15)25(3)12-16-9-14(19)11-24(16)2;/h9,11,15H,5-8,10,12H2,1-4H3,(H,20,21);1H. The number of guanidine groups is 1. The van der Waals surface area contributed by atoms with E-state index in [1.165, 1.54) is 31.4 Å². The lowest BCUT2D eigenvalue weighted by Crippen LogP contribution is -2.43. The fourth-order valence-corrected chi connectivity index (χ4v) is 3.88. The van der Waals surface area contributed by atoms with Crippen molar-refractivity contribution in [1.29, 1.82) is 0 Å². The molecule has 2 aromatic rings. The lowest BCUT2D eigenvalue weighted by Gasteiger charge is -2.25. The molecule has 1 N–H and O–H groups in total. The van der Waals surface area contributed by atoms with Crippen LogP contribution < -0.4 is 5.32 Å². The summed E-state index contributed by atoms with van der Waals surface area (Å²) in [7, 11) is 6.14. The van der Waals surface area contributed by atoms with Gasteiger partial charge in [-0.05, 0) is 41.8 Å². The first-order valence-corrected chi connectivity index (χ1v) is 9.91. The van der Waals surface area contributed by atoms with Crippen molar-refractivity contribution in [2.45, 2.75) is 51.7 Å². The van der Waals surface area contributed by atoms with Crippen LogP contribution in [0.3, 0.4) is 0 Å². The van der Waals surface area contributed by atoms with Crippen LogP contribution in [0, 0.1) is 6.92 Å². The summed E-state index contributed by atoms with van der Waals surface area (Å²) in [6.45, 7) is 3.27. The minimum atomic E-state index is 0. The minimum absolute atomic E-state index is 0. The molecular weight excluding hydrogens is 521 g/mol. The Morgan fingerprint density at radius 3 is 2.59 bits per heavy atom. The summed E-state index contributed by atoms with van der Waals surface area (Å²) in [5.74, 6) is 2.71.